The predicted octanol–water partition coefficient (Wildman–Crippen LogP) is 1.61. The van der Waals surface area contributed by atoms with E-state index in [1.165, 1.54) is 4.57 Å². The number of aliphatic hydroxyl groups is 3. The molecule has 0 amide bonds. The van der Waals surface area contributed by atoms with Gasteiger partial charge in [-0.1, -0.05) is 23.2 Å². The maximum absolute atomic E-state index is 10.1. The Morgan fingerprint density at radius 3 is 2.43 bits per heavy atom. The van der Waals surface area contributed by atoms with Crippen molar-refractivity contribution in [2.45, 2.75) is 24.5 Å². The third-order valence-corrected chi connectivity index (χ3v) is 4.45. The molecule has 1 fully saturated rings. The second kappa shape index (κ2) is 5.55. The number of ether oxygens (including phenoxy) is 1. The van der Waals surface area contributed by atoms with Gasteiger partial charge >= 0.3 is 0 Å². The molecule has 1 aromatic heterocycles. The van der Waals surface area contributed by atoms with E-state index >= 15 is 0 Å². The first-order chi connectivity index (χ1) is 9.93. The smallest absolute Gasteiger partial charge is 0.206 e. The number of hydrogen-bond donors (Lipinski definition) is 3. The lowest BCUT2D eigenvalue weighted by Crippen LogP contribution is -2.33. The van der Waals surface area contributed by atoms with Gasteiger partial charge in [-0.2, -0.15) is 0 Å². The molecule has 1 aliphatic heterocycles. The minimum atomic E-state index is -1.26. The highest BCUT2D eigenvalue weighted by Crippen LogP contribution is 2.36. The van der Waals surface area contributed by atoms with Gasteiger partial charge in [0.25, 0.3) is 0 Å². The van der Waals surface area contributed by atoms with Gasteiger partial charge in [0.15, 0.2) is 6.23 Å². The quantitative estimate of drug-likeness (QED) is 0.763. The van der Waals surface area contributed by atoms with Crippen LogP contribution in [0.15, 0.2) is 12.1 Å². The van der Waals surface area contributed by atoms with E-state index in [1.54, 1.807) is 12.1 Å². The first-order valence-corrected chi connectivity index (χ1v) is 7.22. The van der Waals surface area contributed by atoms with Crippen molar-refractivity contribution in [3.63, 3.8) is 0 Å². The number of halogens is 3. The minimum Gasteiger partial charge on any atom is -0.394 e. The first kappa shape index (κ1) is 15.3. The van der Waals surface area contributed by atoms with Gasteiger partial charge in [0.2, 0.25) is 5.28 Å². The molecule has 1 unspecified atom stereocenters. The molecule has 1 aliphatic rings. The van der Waals surface area contributed by atoms with E-state index < -0.39 is 31.1 Å². The molecular weight excluding hydrogens is 343 g/mol. The summed E-state index contributed by atoms with van der Waals surface area (Å²) in [5.74, 6) is 0. The zero-order valence-corrected chi connectivity index (χ0v) is 12.7. The normalized spacial score (nSPS) is 29.4. The molecule has 3 rings (SSSR count). The van der Waals surface area contributed by atoms with E-state index in [0.29, 0.717) is 21.1 Å². The van der Waals surface area contributed by atoms with Crippen LogP contribution in [0.4, 0.5) is 0 Å². The van der Waals surface area contributed by atoms with Crippen molar-refractivity contribution < 1.29 is 20.1 Å². The van der Waals surface area contributed by atoms with Crippen LogP contribution in [0.5, 0.6) is 0 Å². The molecule has 0 aliphatic carbocycles. The molecule has 1 saturated heterocycles. The molecule has 2 aromatic rings. The number of benzene rings is 1. The van der Waals surface area contributed by atoms with E-state index in [2.05, 4.69) is 4.98 Å². The maximum Gasteiger partial charge on any atom is 0.206 e. The van der Waals surface area contributed by atoms with E-state index in [1.807, 2.05) is 0 Å². The van der Waals surface area contributed by atoms with Crippen molar-refractivity contribution in [2.24, 2.45) is 0 Å². The second-order valence-corrected chi connectivity index (χ2v) is 5.89. The van der Waals surface area contributed by atoms with Gasteiger partial charge in [-0.15, -0.1) is 0 Å². The summed E-state index contributed by atoms with van der Waals surface area (Å²) in [4.78, 5) is 4.12. The Kier molecular flexibility index (Phi) is 4.04. The summed E-state index contributed by atoms with van der Waals surface area (Å²) in [6, 6.07) is 3.09. The number of rotatable bonds is 2. The summed E-state index contributed by atoms with van der Waals surface area (Å²) < 4.78 is 6.86. The standard InChI is InChI=1S/C12H11Cl3N2O4/c13-4-1-6-7(2-5(4)14)17(12(15)16-6)11-10(20)9(19)8(3-18)21-11/h1-2,8-11,18-20H,3H2/t8-,9?,10-,11+/m0/s1. The monoisotopic (exact) mass is 352 g/mol. The fraction of sp³-hybridized carbons (Fsp3) is 0.417. The number of aromatic nitrogens is 2. The molecule has 1 aromatic carbocycles. The van der Waals surface area contributed by atoms with E-state index in [0.717, 1.165) is 0 Å². The van der Waals surface area contributed by atoms with Crippen LogP contribution < -0.4 is 0 Å². The van der Waals surface area contributed by atoms with Crippen LogP contribution >= 0.6 is 34.8 Å². The van der Waals surface area contributed by atoms with Crippen LogP contribution in [0, 0.1) is 0 Å². The van der Waals surface area contributed by atoms with Gasteiger partial charge in [0.1, 0.15) is 18.3 Å². The number of fused-ring (bicyclic) bond motifs is 1. The average molecular weight is 354 g/mol. The summed E-state index contributed by atoms with van der Waals surface area (Å²) >= 11 is 18.0. The highest BCUT2D eigenvalue weighted by molar-refractivity contribution is 6.42. The molecule has 2 heterocycles. The molecule has 0 radical (unpaired) electrons. The molecule has 9 heteroatoms. The van der Waals surface area contributed by atoms with Crippen LogP contribution in [0.3, 0.4) is 0 Å². The maximum atomic E-state index is 10.1. The highest BCUT2D eigenvalue weighted by Gasteiger charge is 2.44. The third kappa shape index (κ3) is 2.41. The summed E-state index contributed by atoms with van der Waals surface area (Å²) in [5.41, 5.74) is 0.983. The lowest BCUT2D eigenvalue weighted by molar-refractivity contribution is -0.0507. The molecule has 0 saturated carbocycles. The van der Waals surface area contributed by atoms with E-state index in [9.17, 15) is 10.2 Å². The number of nitrogens with zero attached hydrogens (tertiary/aromatic N) is 2. The van der Waals surface area contributed by atoms with Gasteiger partial charge in [0.05, 0.1) is 27.7 Å². The molecule has 0 bridgehead atoms. The Balaban J connectivity index is 2.12. The molecule has 0 spiro atoms. The fourth-order valence-electron chi connectivity index (χ4n) is 2.40. The Labute approximate surface area is 134 Å². The number of imidazole rings is 1. The van der Waals surface area contributed by atoms with Crippen molar-refractivity contribution in [3.8, 4) is 0 Å². The van der Waals surface area contributed by atoms with Gasteiger partial charge in [-0.3, -0.25) is 4.57 Å². The molecule has 6 nitrogen and oxygen atoms in total. The topological polar surface area (TPSA) is 87.7 Å². The Bertz CT molecular complexity index is 693. The fourth-order valence-corrected chi connectivity index (χ4v) is 2.99. The van der Waals surface area contributed by atoms with Crippen molar-refractivity contribution in [1.29, 1.82) is 0 Å². The molecule has 114 valence electrons. The number of aliphatic hydroxyl groups excluding tert-OH is 3. The van der Waals surface area contributed by atoms with Gasteiger partial charge < -0.3 is 20.1 Å². The lowest BCUT2D eigenvalue weighted by Gasteiger charge is -2.18. The predicted molar refractivity (Wildman–Crippen MR) is 77.8 cm³/mol. The summed E-state index contributed by atoms with van der Waals surface area (Å²) in [7, 11) is 0. The minimum absolute atomic E-state index is 0.0539. The van der Waals surface area contributed by atoms with Crippen LogP contribution in [-0.4, -0.2) is 49.8 Å². The zero-order valence-electron chi connectivity index (χ0n) is 10.4. The molecule has 21 heavy (non-hydrogen) atoms. The summed E-state index contributed by atoms with van der Waals surface area (Å²) in [6.45, 7) is -0.425. The van der Waals surface area contributed by atoms with Crippen LogP contribution in [0.2, 0.25) is 15.3 Å². The Morgan fingerprint density at radius 2 is 1.81 bits per heavy atom. The van der Waals surface area contributed by atoms with Crippen molar-refractivity contribution in [3.05, 3.63) is 27.5 Å². The molecule has 3 N–H and O–H groups in total. The van der Waals surface area contributed by atoms with Gasteiger partial charge in [-0.05, 0) is 23.7 Å². The Hall–Kier alpha value is -0.600. The van der Waals surface area contributed by atoms with Gasteiger partial charge in [-0.25, -0.2) is 4.98 Å². The average Bonchev–Trinajstić information content (AvgIpc) is 2.89. The van der Waals surface area contributed by atoms with Crippen LogP contribution in [-0.2, 0) is 4.74 Å². The zero-order chi connectivity index (χ0) is 15.3. The SMILES string of the molecule is OC[C@@H]1O[C@@H](n2c(Cl)nc3cc(Cl)c(Cl)cc32)[C@@H](O)C1O. The Morgan fingerprint density at radius 1 is 1.14 bits per heavy atom. The van der Waals surface area contributed by atoms with Crippen molar-refractivity contribution in [2.75, 3.05) is 6.61 Å². The van der Waals surface area contributed by atoms with Crippen LogP contribution in [0.1, 0.15) is 6.23 Å². The highest BCUT2D eigenvalue weighted by atomic mass is 35.5. The lowest BCUT2D eigenvalue weighted by atomic mass is 10.1. The largest absolute Gasteiger partial charge is 0.394 e. The molecular formula is C12H11Cl3N2O4. The first-order valence-electron chi connectivity index (χ1n) is 6.09. The van der Waals surface area contributed by atoms with Crippen LogP contribution in [0.25, 0.3) is 11.0 Å². The summed E-state index contributed by atoms with van der Waals surface area (Å²) in [6.07, 6.45) is -4.36. The molecule has 4 atom stereocenters. The van der Waals surface area contributed by atoms with E-state index in [4.69, 9.17) is 44.6 Å². The van der Waals surface area contributed by atoms with E-state index in [-0.39, 0.29) is 5.28 Å². The summed E-state index contributed by atoms with van der Waals surface area (Å²) in [5, 5.41) is 29.7. The third-order valence-electron chi connectivity index (χ3n) is 3.46. The second-order valence-electron chi connectivity index (χ2n) is 4.73. The van der Waals surface area contributed by atoms with Crippen molar-refractivity contribution in [1.82, 2.24) is 9.55 Å². The number of hydrogen-bond acceptors (Lipinski definition) is 5. The van der Waals surface area contributed by atoms with Crippen molar-refractivity contribution >= 4 is 45.8 Å². The van der Waals surface area contributed by atoms with Gasteiger partial charge in [0, 0.05) is 0 Å².